The molecule has 0 saturated carbocycles. The van der Waals surface area contributed by atoms with Crippen molar-refractivity contribution in [2.75, 3.05) is 6.54 Å². The fourth-order valence-corrected chi connectivity index (χ4v) is 2.46. The van der Waals surface area contributed by atoms with E-state index in [2.05, 4.69) is 30.3 Å². The topological polar surface area (TPSA) is 43.0 Å². The molecular weight excluding hydrogens is 226 g/mol. The molecule has 1 N–H and O–H groups in total. The molecule has 18 heavy (non-hydrogen) atoms. The lowest BCUT2D eigenvalue weighted by Gasteiger charge is -2.19. The molecule has 1 unspecified atom stereocenters. The SMILES string of the molecule is CCNC(c1c(C)oc(C)c1C)c1ccnn1C. The highest BCUT2D eigenvalue weighted by molar-refractivity contribution is 5.38. The molecule has 0 aliphatic rings. The van der Waals surface area contributed by atoms with Gasteiger partial charge in [-0.2, -0.15) is 5.10 Å². The minimum Gasteiger partial charge on any atom is -0.466 e. The van der Waals surface area contributed by atoms with Crippen molar-refractivity contribution in [2.24, 2.45) is 7.05 Å². The van der Waals surface area contributed by atoms with Gasteiger partial charge in [0.15, 0.2) is 0 Å². The van der Waals surface area contributed by atoms with Gasteiger partial charge >= 0.3 is 0 Å². The maximum atomic E-state index is 5.74. The Bertz CT molecular complexity index is 539. The molecule has 2 aromatic heterocycles. The van der Waals surface area contributed by atoms with Crippen LogP contribution in [0.3, 0.4) is 0 Å². The summed E-state index contributed by atoms with van der Waals surface area (Å²) in [4.78, 5) is 0. The molecule has 4 nitrogen and oxygen atoms in total. The van der Waals surface area contributed by atoms with Crippen molar-refractivity contribution >= 4 is 0 Å². The predicted octanol–water partition coefficient (Wildman–Crippen LogP) is 2.64. The van der Waals surface area contributed by atoms with E-state index in [9.17, 15) is 0 Å². The molecule has 0 fully saturated rings. The molecule has 0 saturated heterocycles. The van der Waals surface area contributed by atoms with E-state index in [1.165, 1.54) is 11.1 Å². The van der Waals surface area contributed by atoms with Gasteiger partial charge in [0.25, 0.3) is 0 Å². The fourth-order valence-electron chi connectivity index (χ4n) is 2.46. The molecule has 0 aliphatic carbocycles. The van der Waals surface area contributed by atoms with Gasteiger partial charge in [-0.3, -0.25) is 4.68 Å². The van der Waals surface area contributed by atoms with Crippen LogP contribution in [0.1, 0.15) is 41.3 Å². The van der Waals surface area contributed by atoms with Crippen LogP contribution >= 0.6 is 0 Å². The Morgan fingerprint density at radius 1 is 1.33 bits per heavy atom. The van der Waals surface area contributed by atoms with Crippen LogP contribution in [0.4, 0.5) is 0 Å². The van der Waals surface area contributed by atoms with E-state index in [1.807, 2.05) is 31.8 Å². The fraction of sp³-hybridized carbons (Fsp3) is 0.500. The molecule has 0 radical (unpaired) electrons. The Morgan fingerprint density at radius 3 is 2.50 bits per heavy atom. The molecular formula is C14H21N3O. The molecule has 2 aromatic rings. The summed E-state index contributed by atoms with van der Waals surface area (Å²) >= 11 is 0. The lowest BCUT2D eigenvalue weighted by atomic mass is 9.99. The lowest BCUT2D eigenvalue weighted by Crippen LogP contribution is -2.25. The Hall–Kier alpha value is -1.55. The smallest absolute Gasteiger partial charge is 0.106 e. The second-order valence-corrected chi connectivity index (χ2v) is 4.62. The van der Waals surface area contributed by atoms with E-state index >= 15 is 0 Å². The van der Waals surface area contributed by atoms with Gasteiger partial charge in [-0.05, 0) is 38.9 Å². The van der Waals surface area contributed by atoms with Crippen LogP contribution in [0.5, 0.6) is 0 Å². The first-order valence-electron chi connectivity index (χ1n) is 6.34. The second kappa shape index (κ2) is 4.98. The molecule has 0 bridgehead atoms. The molecule has 0 aromatic carbocycles. The van der Waals surface area contributed by atoms with Crippen molar-refractivity contribution in [3.8, 4) is 0 Å². The van der Waals surface area contributed by atoms with Gasteiger partial charge in [-0.15, -0.1) is 0 Å². The van der Waals surface area contributed by atoms with Crippen molar-refractivity contribution in [3.05, 3.63) is 40.6 Å². The monoisotopic (exact) mass is 247 g/mol. The molecule has 0 aliphatic heterocycles. The highest BCUT2D eigenvalue weighted by Gasteiger charge is 2.23. The standard InChI is InChI=1S/C14H21N3O/c1-6-15-14(12-7-8-16-17(12)5)13-9(2)10(3)18-11(13)4/h7-8,14-15H,6H2,1-5H3. The molecule has 4 heteroatoms. The number of nitrogens with one attached hydrogen (secondary N) is 1. The maximum absolute atomic E-state index is 5.74. The van der Waals surface area contributed by atoms with Gasteiger partial charge in [0.2, 0.25) is 0 Å². The Balaban J connectivity index is 2.51. The molecule has 1 atom stereocenters. The van der Waals surface area contributed by atoms with Crippen LogP contribution in [0, 0.1) is 20.8 Å². The van der Waals surface area contributed by atoms with Crippen LogP contribution < -0.4 is 5.32 Å². The first-order valence-corrected chi connectivity index (χ1v) is 6.34. The number of hydrogen-bond acceptors (Lipinski definition) is 3. The van der Waals surface area contributed by atoms with Crippen LogP contribution in [-0.4, -0.2) is 16.3 Å². The van der Waals surface area contributed by atoms with Crippen LogP contribution in [-0.2, 0) is 7.05 Å². The number of aryl methyl sites for hydroxylation is 3. The number of rotatable bonds is 4. The molecule has 0 amide bonds. The lowest BCUT2D eigenvalue weighted by molar-refractivity contribution is 0.490. The summed E-state index contributed by atoms with van der Waals surface area (Å²) in [6.07, 6.45) is 1.83. The zero-order valence-corrected chi connectivity index (χ0v) is 11.7. The van der Waals surface area contributed by atoms with Crippen LogP contribution in [0.25, 0.3) is 0 Å². The average Bonchev–Trinajstić information content (AvgIpc) is 2.83. The van der Waals surface area contributed by atoms with Gasteiger partial charge in [0, 0.05) is 18.8 Å². The largest absolute Gasteiger partial charge is 0.466 e. The van der Waals surface area contributed by atoms with E-state index in [0.29, 0.717) is 0 Å². The first kappa shape index (κ1) is 12.9. The number of hydrogen-bond donors (Lipinski definition) is 1. The van der Waals surface area contributed by atoms with Gasteiger partial charge < -0.3 is 9.73 Å². The van der Waals surface area contributed by atoms with Gasteiger partial charge in [-0.1, -0.05) is 6.92 Å². The van der Waals surface area contributed by atoms with E-state index in [4.69, 9.17) is 4.42 Å². The van der Waals surface area contributed by atoms with Crippen molar-refractivity contribution in [3.63, 3.8) is 0 Å². The third-order valence-electron chi connectivity index (χ3n) is 3.47. The second-order valence-electron chi connectivity index (χ2n) is 4.62. The normalized spacial score (nSPS) is 12.9. The zero-order chi connectivity index (χ0) is 13.3. The molecule has 0 spiro atoms. The molecule has 2 rings (SSSR count). The summed E-state index contributed by atoms with van der Waals surface area (Å²) in [6, 6.07) is 2.19. The highest BCUT2D eigenvalue weighted by atomic mass is 16.3. The summed E-state index contributed by atoms with van der Waals surface area (Å²) in [5.41, 5.74) is 3.61. The molecule has 2 heterocycles. The third kappa shape index (κ3) is 2.08. The van der Waals surface area contributed by atoms with Crippen LogP contribution in [0.2, 0.25) is 0 Å². The highest BCUT2D eigenvalue weighted by Crippen LogP contribution is 2.31. The summed E-state index contributed by atoms with van der Waals surface area (Å²) in [5.74, 6) is 1.98. The Morgan fingerprint density at radius 2 is 2.06 bits per heavy atom. The number of aromatic nitrogens is 2. The summed E-state index contributed by atoms with van der Waals surface area (Å²) in [7, 11) is 1.97. The van der Waals surface area contributed by atoms with Gasteiger partial charge in [0.05, 0.1) is 11.7 Å². The van der Waals surface area contributed by atoms with Crippen molar-refractivity contribution < 1.29 is 4.42 Å². The quantitative estimate of drug-likeness (QED) is 0.903. The predicted molar refractivity (Wildman–Crippen MR) is 71.6 cm³/mol. The first-order chi connectivity index (χ1) is 8.56. The minimum absolute atomic E-state index is 0.139. The third-order valence-corrected chi connectivity index (χ3v) is 3.47. The summed E-state index contributed by atoms with van der Waals surface area (Å²) in [6.45, 7) is 9.16. The van der Waals surface area contributed by atoms with Gasteiger partial charge in [-0.25, -0.2) is 0 Å². The van der Waals surface area contributed by atoms with Crippen LogP contribution in [0.15, 0.2) is 16.7 Å². The summed E-state index contributed by atoms with van der Waals surface area (Å²) < 4.78 is 7.65. The molecule has 98 valence electrons. The van der Waals surface area contributed by atoms with E-state index in [0.717, 1.165) is 23.8 Å². The zero-order valence-electron chi connectivity index (χ0n) is 11.7. The van der Waals surface area contributed by atoms with Crippen molar-refractivity contribution in [2.45, 2.75) is 33.7 Å². The maximum Gasteiger partial charge on any atom is 0.106 e. The van der Waals surface area contributed by atoms with E-state index < -0.39 is 0 Å². The van der Waals surface area contributed by atoms with Gasteiger partial charge in [0.1, 0.15) is 11.5 Å². The van der Waals surface area contributed by atoms with Crippen molar-refractivity contribution in [1.29, 1.82) is 0 Å². The number of nitrogens with zero attached hydrogens (tertiary/aromatic N) is 2. The van der Waals surface area contributed by atoms with E-state index in [1.54, 1.807) is 0 Å². The van der Waals surface area contributed by atoms with Crippen molar-refractivity contribution in [1.82, 2.24) is 15.1 Å². The summed E-state index contributed by atoms with van der Waals surface area (Å²) in [5, 5.41) is 7.77. The van der Waals surface area contributed by atoms with E-state index in [-0.39, 0.29) is 6.04 Å². The number of furan rings is 1. The minimum atomic E-state index is 0.139. The average molecular weight is 247 g/mol. The Kier molecular flexibility index (Phi) is 3.57. The Labute approximate surface area is 108 Å².